The predicted molar refractivity (Wildman–Crippen MR) is 95.5 cm³/mol. The quantitative estimate of drug-likeness (QED) is 0.904. The summed E-state index contributed by atoms with van der Waals surface area (Å²) in [6.45, 7) is 4.44. The fourth-order valence-electron chi connectivity index (χ4n) is 3.00. The molecule has 2 aromatic rings. The Hall–Kier alpha value is -1.63. The van der Waals surface area contributed by atoms with Crippen molar-refractivity contribution in [3.05, 3.63) is 51.8 Å². The highest BCUT2D eigenvalue weighted by Crippen LogP contribution is 2.27. The van der Waals surface area contributed by atoms with E-state index in [1.165, 1.54) is 5.57 Å². The number of H-pyrrole nitrogens is 1. The third-order valence-electron chi connectivity index (χ3n) is 4.26. The van der Waals surface area contributed by atoms with Crippen molar-refractivity contribution in [2.45, 2.75) is 31.6 Å². The largest absolute Gasteiger partial charge is 0.281 e. The normalized spacial score (nSPS) is 16.4. The second kappa shape index (κ2) is 6.70. The van der Waals surface area contributed by atoms with Crippen LogP contribution < -0.4 is 0 Å². The summed E-state index contributed by atoms with van der Waals surface area (Å²) in [5.74, 6) is 0. The van der Waals surface area contributed by atoms with Gasteiger partial charge in [-0.15, -0.1) is 0 Å². The maximum Gasteiger partial charge on any atom is 0.246 e. The number of sulfonamides is 1. The van der Waals surface area contributed by atoms with Crippen LogP contribution in [0.5, 0.6) is 0 Å². The highest BCUT2D eigenvalue weighted by Gasteiger charge is 2.31. The fraction of sp³-hybridized carbons (Fsp3) is 0.353. The van der Waals surface area contributed by atoms with Gasteiger partial charge in [-0.3, -0.25) is 5.10 Å². The first-order valence-corrected chi connectivity index (χ1v) is 9.66. The minimum Gasteiger partial charge on any atom is -0.281 e. The molecule has 0 unspecified atom stereocenters. The van der Waals surface area contributed by atoms with Gasteiger partial charge < -0.3 is 0 Å². The maximum atomic E-state index is 12.8. The highest BCUT2D eigenvalue weighted by atomic mass is 35.5. The molecule has 0 radical (unpaired) electrons. The van der Waals surface area contributed by atoms with E-state index in [0.29, 0.717) is 34.4 Å². The van der Waals surface area contributed by atoms with Crippen LogP contribution in [0.3, 0.4) is 0 Å². The lowest BCUT2D eigenvalue weighted by Crippen LogP contribution is -2.36. The minimum atomic E-state index is -3.49. The number of benzene rings is 1. The molecule has 1 fully saturated rings. The van der Waals surface area contributed by atoms with Crippen molar-refractivity contribution in [2.24, 2.45) is 0 Å². The Kier molecular flexibility index (Phi) is 4.80. The number of rotatable bonds is 3. The maximum absolute atomic E-state index is 12.8. The lowest BCUT2D eigenvalue weighted by Gasteiger charge is -2.27. The third-order valence-corrected chi connectivity index (χ3v) is 6.68. The molecule has 1 aliphatic heterocycles. The molecule has 24 heavy (non-hydrogen) atoms. The van der Waals surface area contributed by atoms with E-state index in [4.69, 9.17) is 11.6 Å². The van der Waals surface area contributed by atoms with Crippen LogP contribution in [-0.4, -0.2) is 36.0 Å². The summed E-state index contributed by atoms with van der Waals surface area (Å²) in [6, 6.07) is 7.66. The molecule has 0 aliphatic carbocycles. The molecule has 0 bridgehead atoms. The zero-order chi connectivity index (χ0) is 17.3. The van der Waals surface area contributed by atoms with Crippen LogP contribution in [0.15, 0.2) is 34.7 Å². The Morgan fingerprint density at radius 2 is 1.79 bits per heavy atom. The molecule has 1 saturated heterocycles. The number of aromatic nitrogens is 2. The molecular weight excluding hydrogens is 346 g/mol. The number of aromatic amines is 1. The van der Waals surface area contributed by atoms with Crippen LogP contribution in [0, 0.1) is 13.8 Å². The zero-order valence-corrected chi connectivity index (χ0v) is 15.3. The summed E-state index contributed by atoms with van der Waals surface area (Å²) in [4.78, 5) is 0.313. The number of nitrogens with zero attached hydrogens (tertiary/aromatic N) is 2. The fourth-order valence-corrected chi connectivity index (χ4v) is 4.90. The minimum absolute atomic E-state index is 0.313. The van der Waals surface area contributed by atoms with Gasteiger partial charge in [0.25, 0.3) is 0 Å². The van der Waals surface area contributed by atoms with Crippen LogP contribution in [0.4, 0.5) is 0 Å². The van der Waals surface area contributed by atoms with Gasteiger partial charge in [-0.1, -0.05) is 35.4 Å². The molecule has 1 N–H and O–H groups in total. The molecule has 5 nitrogen and oxygen atoms in total. The molecule has 0 amide bonds. The number of nitrogens with one attached hydrogen (secondary N) is 1. The molecule has 128 valence electrons. The second-order valence-corrected chi connectivity index (χ2v) is 8.33. The summed E-state index contributed by atoms with van der Waals surface area (Å²) in [7, 11) is -3.49. The number of hydrogen-bond donors (Lipinski definition) is 1. The van der Waals surface area contributed by atoms with Crippen LogP contribution >= 0.6 is 11.6 Å². The number of halogens is 1. The molecule has 2 heterocycles. The van der Waals surface area contributed by atoms with E-state index in [9.17, 15) is 8.42 Å². The van der Waals surface area contributed by atoms with Crippen molar-refractivity contribution in [1.82, 2.24) is 14.5 Å². The van der Waals surface area contributed by atoms with Gasteiger partial charge in [-0.25, -0.2) is 8.42 Å². The Labute approximate surface area is 147 Å². The van der Waals surface area contributed by atoms with Gasteiger partial charge in [0.1, 0.15) is 4.90 Å². The first-order valence-electron chi connectivity index (χ1n) is 7.84. The molecular formula is C17H20ClN3O2S. The summed E-state index contributed by atoms with van der Waals surface area (Å²) in [5, 5.41) is 7.46. The van der Waals surface area contributed by atoms with E-state index in [1.54, 1.807) is 18.2 Å². The van der Waals surface area contributed by atoms with E-state index < -0.39 is 10.0 Å². The summed E-state index contributed by atoms with van der Waals surface area (Å²) >= 11 is 5.90. The van der Waals surface area contributed by atoms with Crippen molar-refractivity contribution in [3.63, 3.8) is 0 Å². The summed E-state index contributed by atoms with van der Waals surface area (Å²) < 4.78 is 27.2. The smallest absolute Gasteiger partial charge is 0.246 e. The predicted octanol–water partition coefficient (Wildman–Crippen LogP) is 3.55. The number of piperidine rings is 1. The van der Waals surface area contributed by atoms with Crippen LogP contribution in [0.2, 0.25) is 5.02 Å². The van der Waals surface area contributed by atoms with Gasteiger partial charge in [0.2, 0.25) is 10.0 Å². The summed E-state index contributed by atoms with van der Waals surface area (Å²) in [5.41, 5.74) is 3.46. The van der Waals surface area contributed by atoms with Crippen LogP contribution in [-0.2, 0) is 10.0 Å². The average Bonchev–Trinajstić information content (AvgIpc) is 2.89. The van der Waals surface area contributed by atoms with Crippen molar-refractivity contribution in [2.75, 3.05) is 13.1 Å². The second-order valence-electron chi connectivity index (χ2n) is 6.02. The monoisotopic (exact) mass is 365 g/mol. The van der Waals surface area contributed by atoms with E-state index in [2.05, 4.69) is 16.3 Å². The van der Waals surface area contributed by atoms with E-state index in [-0.39, 0.29) is 0 Å². The average molecular weight is 366 g/mol. The Morgan fingerprint density at radius 1 is 1.17 bits per heavy atom. The van der Waals surface area contributed by atoms with Gasteiger partial charge in [0.15, 0.2) is 0 Å². The van der Waals surface area contributed by atoms with Crippen molar-refractivity contribution < 1.29 is 8.42 Å². The van der Waals surface area contributed by atoms with Crippen LogP contribution in [0.25, 0.3) is 6.08 Å². The number of hydrogen-bond acceptors (Lipinski definition) is 3. The molecule has 0 spiro atoms. The first-order chi connectivity index (χ1) is 11.4. The summed E-state index contributed by atoms with van der Waals surface area (Å²) in [6.07, 6.45) is 3.59. The molecule has 0 saturated carbocycles. The Bertz CT molecular complexity index is 840. The standard InChI is InChI=1S/C17H20ClN3O2S/c1-12-17(13(2)20-19-12)24(22,23)21-9-7-15(8-10-21)11-14-3-5-16(18)6-4-14/h3-6,11H,7-10H2,1-2H3,(H,19,20). The highest BCUT2D eigenvalue weighted by molar-refractivity contribution is 7.89. The molecule has 1 aromatic carbocycles. The first kappa shape index (κ1) is 17.2. The SMILES string of the molecule is Cc1n[nH]c(C)c1S(=O)(=O)N1CCC(=Cc2ccc(Cl)cc2)CC1. The van der Waals surface area contributed by atoms with Gasteiger partial charge in [-0.2, -0.15) is 9.40 Å². The Morgan fingerprint density at radius 3 is 2.33 bits per heavy atom. The molecule has 1 aliphatic rings. The van der Waals surface area contributed by atoms with Gasteiger partial charge >= 0.3 is 0 Å². The van der Waals surface area contributed by atoms with Gasteiger partial charge in [0, 0.05) is 18.1 Å². The van der Waals surface area contributed by atoms with Crippen LogP contribution in [0.1, 0.15) is 29.8 Å². The van der Waals surface area contributed by atoms with E-state index >= 15 is 0 Å². The van der Waals surface area contributed by atoms with Gasteiger partial charge in [-0.05, 0) is 44.4 Å². The van der Waals surface area contributed by atoms with E-state index in [0.717, 1.165) is 18.4 Å². The zero-order valence-electron chi connectivity index (χ0n) is 13.7. The van der Waals surface area contributed by atoms with E-state index in [1.807, 2.05) is 24.3 Å². The number of aryl methyl sites for hydroxylation is 2. The topological polar surface area (TPSA) is 66.1 Å². The molecule has 7 heteroatoms. The third kappa shape index (κ3) is 3.41. The molecule has 0 atom stereocenters. The lowest BCUT2D eigenvalue weighted by molar-refractivity contribution is 0.387. The van der Waals surface area contributed by atoms with Crippen molar-refractivity contribution >= 4 is 27.7 Å². The lowest BCUT2D eigenvalue weighted by atomic mass is 10.0. The molecule has 3 rings (SSSR count). The van der Waals surface area contributed by atoms with Gasteiger partial charge in [0.05, 0.1) is 11.4 Å². The van der Waals surface area contributed by atoms with Crippen molar-refractivity contribution in [1.29, 1.82) is 0 Å². The van der Waals surface area contributed by atoms with Crippen molar-refractivity contribution in [3.8, 4) is 0 Å². The molecule has 1 aromatic heterocycles. The Balaban J connectivity index is 1.74.